The van der Waals surface area contributed by atoms with E-state index in [9.17, 15) is 4.79 Å². The van der Waals surface area contributed by atoms with Gasteiger partial charge >= 0.3 is 0 Å². The number of aromatic nitrogens is 2. The number of aryl methyl sites for hydroxylation is 1. The largest absolute Gasteiger partial charge is 0.345 e. The summed E-state index contributed by atoms with van der Waals surface area (Å²) in [6, 6.07) is 14.3. The van der Waals surface area contributed by atoms with Crippen LogP contribution in [0, 0.1) is 0 Å². The fraction of sp³-hybridized carbons (Fsp3) is 0.235. The van der Waals surface area contributed by atoms with Crippen LogP contribution in [0.1, 0.15) is 40.8 Å². The second-order valence-corrected chi connectivity index (χ2v) is 5.92. The third-order valence-electron chi connectivity index (χ3n) is 3.73. The molecule has 0 saturated heterocycles. The van der Waals surface area contributed by atoms with Gasteiger partial charge in [0.2, 0.25) is 0 Å². The molecule has 1 amide bonds. The van der Waals surface area contributed by atoms with Crippen LogP contribution in [0.25, 0.3) is 10.8 Å². The molecule has 5 heteroatoms. The van der Waals surface area contributed by atoms with Gasteiger partial charge in [0.25, 0.3) is 5.91 Å². The minimum Gasteiger partial charge on any atom is -0.345 e. The Morgan fingerprint density at radius 1 is 1.23 bits per heavy atom. The van der Waals surface area contributed by atoms with Gasteiger partial charge in [-0.25, -0.2) is 0 Å². The molecule has 0 bridgehead atoms. The van der Waals surface area contributed by atoms with E-state index >= 15 is 0 Å². The summed E-state index contributed by atoms with van der Waals surface area (Å²) >= 11 is 1.15. The van der Waals surface area contributed by atoms with Crippen molar-refractivity contribution in [3.8, 4) is 0 Å². The van der Waals surface area contributed by atoms with E-state index in [2.05, 4.69) is 39.2 Å². The Morgan fingerprint density at radius 3 is 2.82 bits per heavy atom. The molecule has 1 N–H and O–H groups in total. The summed E-state index contributed by atoms with van der Waals surface area (Å²) in [6.45, 7) is 3.97. The number of nitrogens with one attached hydrogen (secondary N) is 1. The smallest absolute Gasteiger partial charge is 0.265 e. The summed E-state index contributed by atoms with van der Waals surface area (Å²) in [6.07, 6.45) is 0.710. The maximum absolute atomic E-state index is 12.4. The Morgan fingerprint density at radius 2 is 2.00 bits per heavy atom. The van der Waals surface area contributed by atoms with E-state index in [0.29, 0.717) is 11.3 Å². The van der Waals surface area contributed by atoms with E-state index in [4.69, 9.17) is 0 Å². The van der Waals surface area contributed by atoms with Crippen LogP contribution < -0.4 is 5.32 Å². The number of amides is 1. The van der Waals surface area contributed by atoms with Crippen molar-refractivity contribution in [3.63, 3.8) is 0 Å². The van der Waals surface area contributed by atoms with Crippen LogP contribution in [-0.2, 0) is 6.42 Å². The van der Waals surface area contributed by atoms with Crippen LogP contribution in [0.15, 0.2) is 42.5 Å². The molecule has 0 radical (unpaired) electrons. The van der Waals surface area contributed by atoms with Crippen LogP contribution in [0.3, 0.4) is 0 Å². The lowest BCUT2D eigenvalue weighted by Crippen LogP contribution is -2.26. The highest BCUT2D eigenvalue weighted by Crippen LogP contribution is 2.24. The first-order valence-corrected chi connectivity index (χ1v) is 8.07. The zero-order valence-electron chi connectivity index (χ0n) is 12.5. The zero-order valence-corrected chi connectivity index (χ0v) is 13.4. The van der Waals surface area contributed by atoms with E-state index in [1.54, 1.807) is 0 Å². The van der Waals surface area contributed by atoms with Gasteiger partial charge in [0, 0.05) is 0 Å². The van der Waals surface area contributed by atoms with E-state index < -0.39 is 0 Å². The molecule has 0 fully saturated rings. The maximum atomic E-state index is 12.4. The number of carbonyl (C=O) groups excluding carboxylic acids is 1. The Kier molecular flexibility index (Phi) is 4.15. The van der Waals surface area contributed by atoms with Crippen LogP contribution in [0.5, 0.6) is 0 Å². The fourth-order valence-corrected chi connectivity index (χ4v) is 3.23. The second kappa shape index (κ2) is 6.23. The van der Waals surface area contributed by atoms with Crippen molar-refractivity contribution in [2.75, 3.05) is 0 Å². The summed E-state index contributed by atoms with van der Waals surface area (Å²) in [5.41, 5.74) is 1.87. The molecule has 1 heterocycles. The number of benzene rings is 2. The minimum absolute atomic E-state index is 0.0783. The molecule has 1 unspecified atom stereocenters. The summed E-state index contributed by atoms with van der Waals surface area (Å²) in [7, 11) is 0. The van der Waals surface area contributed by atoms with E-state index in [1.165, 1.54) is 5.39 Å². The molecule has 0 aliphatic rings. The number of hydrogen-bond acceptors (Lipinski definition) is 4. The van der Waals surface area contributed by atoms with Crippen molar-refractivity contribution >= 4 is 28.2 Å². The summed E-state index contributed by atoms with van der Waals surface area (Å²) in [4.78, 5) is 13.0. The lowest BCUT2D eigenvalue weighted by atomic mass is 9.99. The molecule has 22 heavy (non-hydrogen) atoms. The predicted molar refractivity (Wildman–Crippen MR) is 89.1 cm³/mol. The third-order valence-corrected chi connectivity index (χ3v) is 4.50. The van der Waals surface area contributed by atoms with Gasteiger partial charge in [-0.3, -0.25) is 4.79 Å². The van der Waals surface area contributed by atoms with Gasteiger partial charge in [0.15, 0.2) is 0 Å². The summed E-state index contributed by atoms with van der Waals surface area (Å²) < 4.78 is 3.87. The lowest BCUT2D eigenvalue weighted by molar-refractivity contribution is 0.0943. The molecule has 4 nitrogen and oxygen atoms in total. The van der Waals surface area contributed by atoms with Crippen molar-refractivity contribution in [2.45, 2.75) is 26.3 Å². The molecule has 3 aromatic rings. The number of hydrogen-bond donors (Lipinski definition) is 1. The first kappa shape index (κ1) is 14.7. The molecule has 0 aliphatic heterocycles. The molecule has 1 atom stereocenters. The molecular weight excluding hydrogens is 294 g/mol. The average Bonchev–Trinajstić information content (AvgIpc) is 3.03. The molecule has 2 aromatic carbocycles. The molecule has 0 aliphatic carbocycles. The van der Waals surface area contributed by atoms with E-state index in [1.807, 2.05) is 32.0 Å². The minimum atomic E-state index is -0.104. The highest BCUT2D eigenvalue weighted by Gasteiger charge is 2.18. The van der Waals surface area contributed by atoms with Crippen molar-refractivity contribution in [1.29, 1.82) is 0 Å². The topological polar surface area (TPSA) is 54.9 Å². The van der Waals surface area contributed by atoms with Gasteiger partial charge in [0.05, 0.1) is 11.7 Å². The molecule has 1 aromatic heterocycles. The van der Waals surface area contributed by atoms with Gasteiger partial charge in [-0.2, -0.15) is 0 Å². The van der Waals surface area contributed by atoms with Crippen LogP contribution >= 0.6 is 11.5 Å². The van der Waals surface area contributed by atoms with Gasteiger partial charge < -0.3 is 5.32 Å². The van der Waals surface area contributed by atoms with Crippen LogP contribution in [-0.4, -0.2) is 15.5 Å². The summed E-state index contributed by atoms with van der Waals surface area (Å²) in [5.74, 6) is -0.104. The quantitative estimate of drug-likeness (QED) is 0.798. The number of nitrogens with zero attached hydrogens (tertiary/aromatic N) is 2. The Labute approximate surface area is 133 Å². The molecule has 112 valence electrons. The third kappa shape index (κ3) is 2.72. The van der Waals surface area contributed by atoms with Crippen LogP contribution in [0.4, 0.5) is 0 Å². The van der Waals surface area contributed by atoms with Gasteiger partial charge in [-0.15, -0.1) is 5.10 Å². The number of rotatable bonds is 4. The van der Waals surface area contributed by atoms with Crippen LogP contribution in [0.2, 0.25) is 0 Å². The highest BCUT2D eigenvalue weighted by atomic mass is 32.1. The Bertz CT molecular complexity index is 807. The monoisotopic (exact) mass is 311 g/mol. The van der Waals surface area contributed by atoms with Crippen molar-refractivity contribution in [1.82, 2.24) is 14.9 Å². The first-order chi connectivity index (χ1) is 10.7. The normalized spacial score (nSPS) is 12.3. The molecule has 0 saturated carbocycles. The maximum Gasteiger partial charge on any atom is 0.265 e. The average molecular weight is 311 g/mol. The SMILES string of the molecule is CCc1nnsc1C(=O)NC(C)c1cccc2ccccc12. The van der Waals surface area contributed by atoms with Crippen molar-refractivity contribution in [3.05, 3.63) is 58.6 Å². The van der Waals surface area contributed by atoms with Gasteiger partial charge in [0.1, 0.15) is 4.88 Å². The standard InChI is InChI=1S/C17H17N3OS/c1-3-15-16(22-20-19-15)17(21)18-11(2)13-10-6-8-12-7-4-5-9-14(12)13/h4-11H,3H2,1-2H3,(H,18,21). The second-order valence-electron chi connectivity index (χ2n) is 5.17. The highest BCUT2D eigenvalue weighted by molar-refractivity contribution is 7.08. The number of carbonyl (C=O) groups is 1. The number of fused-ring (bicyclic) bond motifs is 1. The fourth-order valence-electron chi connectivity index (χ4n) is 2.58. The first-order valence-electron chi connectivity index (χ1n) is 7.30. The molecule has 3 rings (SSSR count). The van der Waals surface area contributed by atoms with E-state index in [0.717, 1.165) is 28.2 Å². The lowest BCUT2D eigenvalue weighted by Gasteiger charge is -2.16. The van der Waals surface area contributed by atoms with Crippen molar-refractivity contribution in [2.24, 2.45) is 0 Å². The van der Waals surface area contributed by atoms with E-state index in [-0.39, 0.29) is 11.9 Å². The molecular formula is C17H17N3OS. The molecule has 0 spiro atoms. The summed E-state index contributed by atoms with van der Waals surface area (Å²) in [5, 5.41) is 9.39. The van der Waals surface area contributed by atoms with Gasteiger partial charge in [-0.05, 0) is 41.2 Å². The zero-order chi connectivity index (χ0) is 15.5. The van der Waals surface area contributed by atoms with Gasteiger partial charge in [-0.1, -0.05) is 53.9 Å². The Hall–Kier alpha value is -2.27. The Balaban J connectivity index is 1.87. The predicted octanol–water partition coefficient (Wildman–Crippen LogP) is 3.74. The van der Waals surface area contributed by atoms with Crippen molar-refractivity contribution < 1.29 is 4.79 Å².